The lowest BCUT2D eigenvalue weighted by Crippen LogP contribution is -2.45. The Balaban J connectivity index is 1.34. The first-order valence-corrected chi connectivity index (χ1v) is 13.0. The Bertz CT molecular complexity index is 1750. The first-order valence-electron chi connectivity index (χ1n) is 13.0. The van der Waals surface area contributed by atoms with Crippen LogP contribution in [-0.2, 0) is 17.0 Å². The minimum Gasteiger partial charge on any atom is -0.488 e. The van der Waals surface area contributed by atoms with E-state index in [1.165, 1.54) is 4.90 Å². The molecule has 0 saturated heterocycles. The maximum Gasteiger partial charge on any atom is 0.264 e. The topological polar surface area (TPSA) is 98.2 Å². The lowest BCUT2D eigenvalue weighted by Gasteiger charge is -2.31. The average molecular weight is 535 g/mol. The lowest BCUT2D eigenvalue weighted by molar-refractivity contribution is -0.121. The molecule has 8 nitrogen and oxygen atoms in total. The van der Waals surface area contributed by atoms with E-state index in [1.54, 1.807) is 37.5 Å². The molecule has 0 radical (unpaired) electrons. The van der Waals surface area contributed by atoms with Crippen LogP contribution in [0.15, 0.2) is 66.9 Å². The largest absolute Gasteiger partial charge is 0.488 e. The Morgan fingerprint density at radius 2 is 1.68 bits per heavy atom. The van der Waals surface area contributed by atoms with Gasteiger partial charge in [0.1, 0.15) is 23.9 Å². The first kappa shape index (κ1) is 24.4. The summed E-state index contributed by atoms with van der Waals surface area (Å²) in [6.45, 7) is 4.16. The Hall–Kier alpha value is -4.69. The van der Waals surface area contributed by atoms with Crippen molar-refractivity contribution in [2.75, 3.05) is 18.6 Å². The van der Waals surface area contributed by atoms with E-state index < -0.39 is 17.5 Å². The second-order valence-corrected chi connectivity index (χ2v) is 10.6. The predicted molar refractivity (Wildman–Crippen MR) is 147 cm³/mol. The van der Waals surface area contributed by atoms with Gasteiger partial charge in [0.05, 0.1) is 11.4 Å². The number of ketones is 1. The van der Waals surface area contributed by atoms with E-state index in [0.29, 0.717) is 28.3 Å². The molecule has 0 fully saturated rings. The number of aliphatic hydroxyl groups is 1. The molecule has 0 spiro atoms. The number of ether oxygens (including phenoxy) is 3. The molecule has 1 aromatic heterocycles. The molecule has 8 heteroatoms. The van der Waals surface area contributed by atoms with Gasteiger partial charge in [0.2, 0.25) is 5.78 Å². The van der Waals surface area contributed by atoms with Crippen LogP contribution in [0.2, 0.25) is 0 Å². The number of carbonyl (C=O) groups is 2. The quantitative estimate of drug-likeness (QED) is 0.387. The fourth-order valence-electron chi connectivity index (χ4n) is 5.71. The second-order valence-electron chi connectivity index (χ2n) is 10.6. The smallest absolute Gasteiger partial charge is 0.264 e. The Morgan fingerprint density at radius 1 is 0.950 bits per heavy atom. The third-order valence-electron chi connectivity index (χ3n) is 7.92. The van der Waals surface area contributed by atoms with Crippen molar-refractivity contribution in [2.24, 2.45) is 0 Å². The van der Waals surface area contributed by atoms with Crippen molar-refractivity contribution in [3.63, 3.8) is 0 Å². The summed E-state index contributed by atoms with van der Waals surface area (Å²) in [6, 6.07) is 18.2. The fraction of sp³-hybridized carbons (Fsp3) is 0.219. The van der Waals surface area contributed by atoms with E-state index >= 15 is 0 Å². The molecule has 7 rings (SSSR count). The van der Waals surface area contributed by atoms with Gasteiger partial charge in [-0.2, -0.15) is 0 Å². The van der Waals surface area contributed by atoms with Crippen LogP contribution in [0, 0.1) is 13.8 Å². The number of carbonyl (C=O) groups excluding carboxylic acids is 2. The van der Waals surface area contributed by atoms with Gasteiger partial charge in [-0.05, 0) is 62.4 Å². The number of hydrogen-bond donors (Lipinski definition) is 1. The van der Waals surface area contributed by atoms with Crippen LogP contribution in [0.5, 0.6) is 17.2 Å². The molecule has 1 amide bonds. The zero-order valence-electron chi connectivity index (χ0n) is 22.2. The van der Waals surface area contributed by atoms with Gasteiger partial charge < -0.3 is 24.2 Å². The van der Waals surface area contributed by atoms with Gasteiger partial charge in [0.25, 0.3) is 5.91 Å². The highest BCUT2D eigenvalue weighted by molar-refractivity contribution is 6.04. The van der Waals surface area contributed by atoms with Crippen molar-refractivity contribution < 1.29 is 28.9 Å². The van der Waals surface area contributed by atoms with Crippen LogP contribution in [0.1, 0.15) is 38.2 Å². The number of anilines is 1. The van der Waals surface area contributed by atoms with Crippen molar-refractivity contribution in [1.82, 2.24) is 4.98 Å². The van der Waals surface area contributed by atoms with Crippen molar-refractivity contribution in [1.29, 1.82) is 0 Å². The van der Waals surface area contributed by atoms with E-state index in [9.17, 15) is 14.7 Å². The summed E-state index contributed by atoms with van der Waals surface area (Å²) < 4.78 is 17.7. The van der Waals surface area contributed by atoms with Gasteiger partial charge >= 0.3 is 0 Å². The van der Waals surface area contributed by atoms with Crippen molar-refractivity contribution in [3.8, 4) is 28.5 Å². The highest BCUT2D eigenvalue weighted by Gasteiger charge is 2.53. The highest BCUT2D eigenvalue weighted by Crippen LogP contribution is 2.48. The Morgan fingerprint density at radius 3 is 2.50 bits per heavy atom. The van der Waals surface area contributed by atoms with Crippen LogP contribution < -0.4 is 19.1 Å². The molecule has 4 heterocycles. The number of benzene rings is 3. The molecular formula is C32H26N2O6. The molecule has 3 aromatic carbocycles. The van der Waals surface area contributed by atoms with E-state index in [-0.39, 0.29) is 24.7 Å². The molecule has 200 valence electrons. The minimum absolute atomic E-state index is 0.0595. The molecule has 1 N–H and O–H groups in total. The van der Waals surface area contributed by atoms with Gasteiger partial charge in [0, 0.05) is 41.1 Å². The number of aromatic nitrogens is 1. The van der Waals surface area contributed by atoms with Crippen molar-refractivity contribution in [3.05, 3.63) is 100 Å². The second kappa shape index (κ2) is 8.66. The lowest BCUT2D eigenvalue weighted by atomic mass is 9.80. The summed E-state index contributed by atoms with van der Waals surface area (Å²) in [6.07, 6.45) is 0.330. The number of fused-ring (bicyclic) bond motifs is 5. The number of hydrogen-bond acceptors (Lipinski definition) is 7. The molecule has 0 bridgehead atoms. The van der Waals surface area contributed by atoms with E-state index in [0.717, 1.165) is 33.7 Å². The first-order chi connectivity index (χ1) is 19.2. The SMILES string of the molecule is Cc1ccc2c(c1)-c1ncc([C@@]3(O)c4cc(C)ccc4O[C@@H]3C(=O)c3ccc4c(c3)N(C)C(=O)CO4)cc1CO2. The number of pyridine rings is 1. The normalized spacial score (nSPS) is 20.4. The molecule has 4 aromatic rings. The predicted octanol–water partition coefficient (Wildman–Crippen LogP) is 4.49. The molecular weight excluding hydrogens is 508 g/mol. The number of likely N-dealkylation sites (N-methyl/N-ethyl adjacent to an activating group) is 1. The average Bonchev–Trinajstić information content (AvgIpc) is 3.26. The zero-order chi connectivity index (χ0) is 27.8. The van der Waals surface area contributed by atoms with Gasteiger partial charge in [-0.15, -0.1) is 0 Å². The van der Waals surface area contributed by atoms with Crippen LogP contribution in [0.4, 0.5) is 5.69 Å². The number of aryl methyl sites for hydroxylation is 2. The number of amides is 1. The van der Waals surface area contributed by atoms with Crippen LogP contribution >= 0.6 is 0 Å². The monoisotopic (exact) mass is 534 g/mol. The van der Waals surface area contributed by atoms with E-state index in [2.05, 4.69) is 0 Å². The summed E-state index contributed by atoms with van der Waals surface area (Å²) in [5, 5.41) is 12.5. The highest BCUT2D eigenvalue weighted by atomic mass is 16.5. The zero-order valence-corrected chi connectivity index (χ0v) is 22.2. The number of nitrogens with zero attached hydrogens (tertiary/aromatic N) is 2. The van der Waals surface area contributed by atoms with Crippen LogP contribution in [0.3, 0.4) is 0 Å². The van der Waals surface area contributed by atoms with Gasteiger partial charge in [-0.1, -0.05) is 23.3 Å². The third-order valence-corrected chi connectivity index (χ3v) is 7.92. The number of Topliss-reactive ketones (excluding diaryl/α,β-unsaturated/α-hetero) is 1. The summed E-state index contributed by atoms with van der Waals surface area (Å²) in [5.74, 6) is 1.05. The summed E-state index contributed by atoms with van der Waals surface area (Å²) in [7, 11) is 1.64. The fourth-order valence-corrected chi connectivity index (χ4v) is 5.71. The maximum atomic E-state index is 14.1. The molecule has 0 aliphatic carbocycles. The van der Waals surface area contributed by atoms with E-state index in [4.69, 9.17) is 19.2 Å². The molecule has 3 aliphatic rings. The Kier molecular flexibility index (Phi) is 5.27. The van der Waals surface area contributed by atoms with Crippen molar-refractivity contribution in [2.45, 2.75) is 32.2 Å². The molecule has 3 aliphatic heterocycles. The van der Waals surface area contributed by atoms with E-state index in [1.807, 2.05) is 50.2 Å². The summed E-state index contributed by atoms with van der Waals surface area (Å²) in [5.41, 5.74) is 4.36. The van der Waals surface area contributed by atoms with Gasteiger partial charge in [-0.25, -0.2) is 0 Å². The maximum absolute atomic E-state index is 14.1. The van der Waals surface area contributed by atoms with Crippen LogP contribution in [0.25, 0.3) is 11.3 Å². The molecule has 40 heavy (non-hydrogen) atoms. The van der Waals surface area contributed by atoms with Crippen LogP contribution in [-0.4, -0.2) is 41.5 Å². The van der Waals surface area contributed by atoms with Crippen molar-refractivity contribution >= 4 is 17.4 Å². The van der Waals surface area contributed by atoms with Gasteiger partial charge in [-0.3, -0.25) is 14.6 Å². The molecule has 0 unspecified atom stereocenters. The van der Waals surface area contributed by atoms with Gasteiger partial charge in [0.15, 0.2) is 18.3 Å². The standard InChI is InChI=1S/C32H26N2O6/c1-17-4-7-25-22(10-17)29-20(15-38-25)12-21(14-33-29)32(37)23-11-18(2)5-8-26(23)40-31(32)30(36)19-6-9-27-24(13-19)34(3)28(35)16-39-27/h4-14,31,37H,15-16H2,1-3H3/t31-,32-/m1/s1. The summed E-state index contributed by atoms with van der Waals surface area (Å²) >= 11 is 0. The third kappa shape index (κ3) is 3.53. The number of rotatable bonds is 3. The Labute approximate surface area is 230 Å². The minimum atomic E-state index is -1.82. The molecule has 0 saturated carbocycles. The summed E-state index contributed by atoms with van der Waals surface area (Å²) in [4.78, 5) is 32.5. The molecule has 2 atom stereocenters.